The first-order valence-electron chi connectivity index (χ1n) is 5.78. The molecule has 1 atom stereocenters. The van der Waals surface area contributed by atoms with E-state index in [9.17, 15) is 0 Å². The van der Waals surface area contributed by atoms with Crippen molar-refractivity contribution in [2.45, 2.75) is 45.4 Å². The summed E-state index contributed by atoms with van der Waals surface area (Å²) in [6.07, 6.45) is 2.88. The lowest BCUT2D eigenvalue weighted by Crippen LogP contribution is -1.96. The third kappa shape index (κ3) is 2.00. The van der Waals surface area contributed by atoms with Crippen molar-refractivity contribution in [3.63, 3.8) is 0 Å². The molecule has 0 nitrogen and oxygen atoms in total. The summed E-state index contributed by atoms with van der Waals surface area (Å²) >= 11 is 0. The van der Waals surface area contributed by atoms with Gasteiger partial charge in [0.05, 0.1) is 0 Å². The molecule has 0 aliphatic heterocycles. The lowest BCUT2D eigenvalue weighted by atomic mass is 9.93. The van der Waals surface area contributed by atoms with E-state index in [1.165, 1.54) is 24.0 Å². The lowest BCUT2D eigenvalue weighted by molar-refractivity contribution is 0.663. The predicted octanol–water partition coefficient (Wildman–Crippen LogP) is 4.32. The number of hydrogen-bond donors (Lipinski definition) is 0. The summed E-state index contributed by atoms with van der Waals surface area (Å²) in [7, 11) is 0. The molecule has 0 N–H and O–H groups in total. The van der Waals surface area contributed by atoms with Crippen LogP contribution in [0.4, 0.5) is 0 Å². The zero-order valence-electron chi connectivity index (χ0n) is 9.46. The Bertz CT molecular complexity index is 290. The number of benzene rings is 1. The fourth-order valence-corrected chi connectivity index (χ4v) is 2.05. The molecule has 1 aliphatic carbocycles. The van der Waals surface area contributed by atoms with Crippen LogP contribution in [0, 0.1) is 5.92 Å². The second kappa shape index (κ2) is 3.76. The van der Waals surface area contributed by atoms with Crippen molar-refractivity contribution >= 4 is 0 Å². The highest BCUT2D eigenvalue weighted by Gasteiger charge is 2.28. The smallest absolute Gasteiger partial charge is 0.0162 e. The molecule has 0 radical (unpaired) electrons. The molecular weight excluding hydrogens is 168 g/mol. The van der Waals surface area contributed by atoms with Crippen LogP contribution >= 0.6 is 0 Å². The Morgan fingerprint density at radius 1 is 0.929 bits per heavy atom. The largest absolute Gasteiger partial charge is 0.0587 e. The minimum Gasteiger partial charge on any atom is -0.0587 e. The molecule has 0 bridgehead atoms. The van der Waals surface area contributed by atoms with E-state index in [1.54, 1.807) is 0 Å². The maximum absolute atomic E-state index is 2.36. The molecule has 0 aromatic heterocycles. The Morgan fingerprint density at radius 2 is 1.43 bits per heavy atom. The molecule has 0 spiro atoms. The monoisotopic (exact) mass is 188 g/mol. The van der Waals surface area contributed by atoms with Crippen LogP contribution in [-0.4, -0.2) is 0 Å². The van der Waals surface area contributed by atoms with E-state index in [4.69, 9.17) is 0 Å². The topological polar surface area (TPSA) is 0 Å². The average Bonchev–Trinajstić information content (AvgIpc) is 3.00. The normalized spacial score (nSPS) is 18.6. The number of rotatable bonds is 3. The third-order valence-corrected chi connectivity index (χ3v) is 3.46. The lowest BCUT2D eigenvalue weighted by Gasteiger charge is -2.12. The molecule has 1 unspecified atom stereocenters. The van der Waals surface area contributed by atoms with Gasteiger partial charge in [0.15, 0.2) is 0 Å². The van der Waals surface area contributed by atoms with Gasteiger partial charge in [0, 0.05) is 0 Å². The van der Waals surface area contributed by atoms with Crippen LogP contribution in [0.1, 0.15) is 56.6 Å². The summed E-state index contributed by atoms with van der Waals surface area (Å²) in [5.74, 6) is 2.40. The molecule has 1 aromatic carbocycles. The van der Waals surface area contributed by atoms with Gasteiger partial charge in [-0.15, -0.1) is 0 Å². The summed E-state index contributed by atoms with van der Waals surface area (Å²) in [5.41, 5.74) is 2.98. The molecule has 0 saturated heterocycles. The molecule has 0 heterocycles. The molecule has 0 amide bonds. The van der Waals surface area contributed by atoms with Crippen molar-refractivity contribution in [1.82, 2.24) is 0 Å². The molecule has 76 valence electrons. The molecule has 1 fully saturated rings. The van der Waals surface area contributed by atoms with E-state index in [1.807, 2.05) is 0 Å². The molecule has 1 saturated carbocycles. The predicted molar refractivity (Wildman–Crippen MR) is 61.7 cm³/mol. The van der Waals surface area contributed by atoms with Crippen molar-refractivity contribution in [3.05, 3.63) is 35.4 Å². The van der Waals surface area contributed by atoms with Gasteiger partial charge in [0.1, 0.15) is 0 Å². The molecule has 1 aliphatic rings. The van der Waals surface area contributed by atoms with E-state index in [-0.39, 0.29) is 0 Å². The summed E-state index contributed by atoms with van der Waals surface area (Å²) < 4.78 is 0. The van der Waals surface area contributed by atoms with E-state index in [0.717, 1.165) is 11.8 Å². The Kier molecular flexibility index (Phi) is 2.62. The zero-order valence-corrected chi connectivity index (χ0v) is 9.46. The summed E-state index contributed by atoms with van der Waals surface area (Å²) in [4.78, 5) is 0. The quantitative estimate of drug-likeness (QED) is 0.662. The maximum Gasteiger partial charge on any atom is -0.0162 e. The third-order valence-electron chi connectivity index (χ3n) is 3.46. The van der Waals surface area contributed by atoms with Gasteiger partial charge in [-0.1, -0.05) is 45.0 Å². The Balaban J connectivity index is 2.12. The van der Waals surface area contributed by atoms with Crippen molar-refractivity contribution in [1.29, 1.82) is 0 Å². The maximum atomic E-state index is 2.36. The van der Waals surface area contributed by atoms with Gasteiger partial charge >= 0.3 is 0 Å². The van der Waals surface area contributed by atoms with E-state index in [0.29, 0.717) is 5.92 Å². The molecule has 1 aromatic rings. The van der Waals surface area contributed by atoms with Crippen LogP contribution in [0.3, 0.4) is 0 Å². The highest BCUT2D eigenvalue weighted by atomic mass is 14.3. The highest BCUT2D eigenvalue weighted by Crippen LogP contribution is 2.42. The van der Waals surface area contributed by atoms with Crippen LogP contribution in [0.15, 0.2) is 24.3 Å². The van der Waals surface area contributed by atoms with E-state index < -0.39 is 0 Å². The van der Waals surface area contributed by atoms with Gasteiger partial charge in [-0.2, -0.15) is 0 Å². The van der Waals surface area contributed by atoms with Crippen molar-refractivity contribution < 1.29 is 0 Å². The first-order valence-corrected chi connectivity index (χ1v) is 5.78. The van der Waals surface area contributed by atoms with E-state index in [2.05, 4.69) is 45.0 Å². The van der Waals surface area contributed by atoms with Gasteiger partial charge in [-0.25, -0.2) is 0 Å². The van der Waals surface area contributed by atoms with Crippen molar-refractivity contribution in [3.8, 4) is 0 Å². The van der Waals surface area contributed by atoms with Crippen LogP contribution in [-0.2, 0) is 0 Å². The first-order chi connectivity index (χ1) is 6.68. The number of hydrogen-bond acceptors (Lipinski definition) is 0. The van der Waals surface area contributed by atoms with E-state index >= 15 is 0 Å². The Morgan fingerprint density at radius 3 is 1.86 bits per heavy atom. The van der Waals surface area contributed by atoms with Gasteiger partial charge in [0.2, 0.25) is 0 Å². The molecule has 14 heavy (non-hydrogen) atoms. The minimum absolute atomic E-state index is 0.653. The molecule has 2 rings (SSSR count). The molecule has 0 heteroatoms. The second-order valence-corrected chi connectivity index (χ2v) is 4.95. The van der Waals surface area contributed by atoms with Crippen LogP contribution in [0.5, 0.6) is 0 Å². The fourth-order valence-electron chi connectivity index (χ4n) is 2.05. The second-order valence-electron chi connectivity index (χ2n) is 4.95. The van der Waals surface area contributed by atoms with Crippen LogP contribution < -0.4 is 0 Å². The van der Waals surface area contributed by atoms with Gasteiger partial charge in [-0.05, 0) is 41.7 Å². The summed E-state index contributed by atoms with van der Waals surface area (Å²) in [5, 5.41) is 0. The van der Waals surface area contributed by atoms with Crippen LogP contribution in [0.25, 0.3) is 0 Å². The molecular formula is C14H20. The summed E-state index contributed by atoms with van der Waals surface area (Å²) in [6.45, 7) is 6.86. The van der Waals surface area contributed by atoms with Gasteiger partial charge in [-0.3, -0.25) is 0 Å². The minimum atomic E-state index is 0.653. The fraction of sp³-hybridized carbons (Fsp3) is 0.571. The first kappa shape index (κ1) is 9.76. The SMILES string of the molecule is CC(C)c1ccc(C(C)C2CC2)cc1. The van der Waals surface area contributed by atoms with Crippen molar-refractivity contribution in [2.24, 2.45) is 5.92 Å². The standard InChI is InChI=1S/C14H20/c1-10(2)12-4-6-13(7-5-12)11(3)14-8-9-14/h4-7,10-11,14H,8-9H2,1-3H3. The van der Waals surface area contributed by atoms with Gasteiger partial charge < -0.3 is 0 Å². The van der Waals surface area contributed by atoms with Crippen LogP contribution in [0.2, 0.25) is 0 Å². The average molecular weight is 188 g/mol. The Hall–Kier alpha value is -0.780. The summed E-state index contributed by atoms with van der Waals surface area (Å²) in [6, 6.07) is 9.22. The van der Waals surface area contributed by atoms with Gasteiger partial charge in [0.25, 0.3) is 0 Å². The zero-order chi connectivity index (χ0) is 10.1. The van der Waals surface area contributed by atoms with Crippen molar-refractivity contribution in [2.75, 3.05) is 0 Å². The highest BCUT2D eigenvalue weighted by molar-refractivity contribution is 5.27. The Labute approximate surface area is 87.3 Å².